The van der Waals surface area contributed by atoms with Crippen molar-refractivity contribution in [2.24, 2.45) is 5.92 Å². The number of nitrogens with zero attached hydrogens (tertiary/aromatic N) is 2. The fraction of sp³-hybridized carbons (Fsp3) is 0.650. The van der Waals surface area contributed by atoms with Gasteiger partial charge in [-0.2, -0.15) is 0 Å². The number of hydrogen-bond acceptors (Lipinski definition) is 3. The Kier molecular flexibility index (Phi) is 6.27. The number of piperazine rings is 1. The van der Waals surface area contributed by atoms with Crippen LogP contribution in [0.4, 0.5) is 0 Å². The Labute approximate surface area is 146 Å². The molecule has 3 rings (SSSR count). The van der Waals surface area contributed by atoms with E-state index in [-0.39, 0.29) is 11.8 Å². The molecule has 1 aliphatic carbocycles. The number of rotatable bonds is 6. The zero-order valence-corrected chi connectivity index (χ0v) is 14.9. The van der Waals surface area contributed by atoms with E-state index in [0.717, 1.165) is 52.0 Å². The smallest absolute Gasteiger partial charge is 0.223 e. The summed E-state index contributed by atoms with van der Waals surface area (Å²) < 4.78 is 0. The van der Waals surface area contributed by atoms with E-state index < -0.39 is 0 Å². The van der Waals surface area contributed by atoms with Crippen molar-refractivity contribution in [3.8, 4) is 0 Å². The second-order valence-corrected chi connectivity index (χ2v) is 7.35. The lowest BCUT2D eigenvalue weighted by Crippen LogP contribution is -2.47. The van der Waals surface area contributed by atoms with Crippen LogP contribution in [0.2, 0.25) is 0 Å². The lowest BCUT2D eigenvalue weighted by atomic mass is 10.0. The van der Waals surface area contributed by atoms with Crippen molar-refractivity contribution < 1.29 is 4.79 Å². The highest BCUT2D eigenvalue weighted by molar-refractivity contribution is 5.78. The van der Waals surface area contributed by atoms with Gasteiger partial charge in [-0.3, -0.25) is 9.69 Å². The molecule has 0 unspecified atom stereocenters. The SMILES string of the molecule is CN1CCN(CCCNC(=O)C2CCCC2)[C@@H](c2ccccc2)C1. The molecule has 0 aromatic heterocycles. The van der Waals surface area contributed by atoms with E-state index in [4.69, 9.17) is 0 Å². The highest BCUT2D eigenvalue weighted by Crippen LogP contribution is 2.25. The molecule has 1 aromatic carbocycles. The summed E-state index contributed by atoms with van der Waals surface area (Å²) in [7, 11) is 2.20. The van der Waals surface area contributed by atoms with Crippen LogP contribution in [0.1, 0.15) is 43.7 Å². The standard InChI is InChI=1S/C20H31N3O/c1-22-14-15-23(19(16-22)17-8-3-2-4-9-17)13-7-12-21-20(24)18-10-5-6-11-18/h2-4,8-9,18-19H,5-7,10-16H2,1H3,(H,21,24)/t19-/m1/s1. The molecule has 1 amide bonds. The first-order valence-corrected chi connectivity index (χ1v) is 9.49. The van der Waals surface area contributed by atoms with Gasteiger partial charge in [0.15, 0.2) is 0 Å². The van der Waals surface area contributed by atoms with E-state index in [2.05, 4.69) is 52.5 Å². The summed E-state index contributed by atoms with van der Waals surface area (Å²) in [6.07, 6.45) is 5.64. The third kappa shape index (κ3) is 4.58. The summed E-state index contributed by atoms with van der Waals surface area (Å²) in [5.74, 6) is 0.566. The fourth-order valence-corrected chi connectivity index (χ4v) is 4.04. The van der Waals surface area contributed by atoms with Gasteiger partial charge in [0.2, 0.25) is 5.91 Å². The van der Waals surface area contributed by atoms with Crippen LogP contribution in [0.5, 0.6) is 0 Å². The van der Waals surface area contributed by atoms with Crippen molar-refractivity contribution in [3.63, 3.8) is 0 Å². The highest BCUT2D eigenvalue weighted by Gasteiger charge is 2.26. The molecule has 24 heavy (non-hydrogen) atoms. The van der Waals surface area contributed by atoms with Gasteiger partial charge in [0.25, 0.3) is 0 Å². The number of benzene rings is 1. The highest BCUT2D eigenvalue weighted by atomic mass is 16.1. The first-order chi connectivity index (χ1) is 11.7. The molecule has 4 heteroatoms. The van der Waals surface area contributed by atoms with Gasteiger partial charge in [-0.25, -0.2) is 0 Å². The van der Waals surface area contributed by atoms with E-state index in [1.54, 1.807) is 0 Å². The monoisotopic (exact) mass is 329 g/mol. The topological polar surface area (TPSA) is 35.6 Å². The Hall–Kier alpha value is -1.39. The molecule has 4 nitrogen and oxygen atoms in total. The van der Waals surface area contributed by atoms with Gasteiger partial charge in [0, 0.05) is 44.7 Å². The molecule has 1 saturated heterocycles. The Bertz CT molecular complexity index is 513. The van der Waals surface area contributed by atoms with Crippen molar-refractivity contribution in [1.82, 2.24) is 15.1 Å². The molecule has 0 spiro atoms. The van der Waals surface area contributed by atoms with Crippen molar-refractivity contribution in [1.29, 1.82) is 0 Å². The number of carbonyl (C=O) groups is 1. The molecule has 1 saturated carbocycles. The van der Waals surface area contributed by atoms with Crippen molar-refractivity contribution in [2.45, 2.75) is 38.1 Å². The molecule has 1 aromatic rings. The molecule has 132 valence electrons. The number of nitrogens with one attached hydrogen (secondary N) is 1. The molecular weight excluding hydrogens is 298 g/mol. The van der Waals surface area contributed by atoms with Crippen LogP contribution in [-0.4, -0.2) is 55.5 Å². The van der Waals surface area contributed by atoms with E-state index in [1.165, 1.54) is 18.4 Å². The summed E-state index contributed by atoms with van der Waals surface area (Å²) in [5.41, 5.74) is 1.40. The first-order valence-electron chi connectivity index (χ1n) is 9.49. The lowest BCUT2D eigenvalue weighted by molar-refractivity contribution is -0.124. The summed E-state index contributed by atoms with van der Waals surface area (Å²) in [6, 6.07) is 11.3. The molecular formula is C20H31N3O. The first kappa shape index (κ1) is 17.4. The van der Waals surface area contributed by atoms with Crippen LogP contribution in [0.15, 0.2) is 30.3 Å². The number of likely N-dealkylation sites (N-methyl/N-ethyl adjacent to an activating group) is 1. The van der Waals surface area contributed by atoms with E-state index >= 15 is 0 Å². The summed E-state index contributed by atoms with van der Waals surface area (Å²) in [6.45, 7) is 5.17. The number of carbonyl (C=O) groups excluding carboxylic acids is 1. The Morgan fingerprint density at radius 3 is 2.67 bits per heavy atom. The largest absolute Gasteiger partial charge is 0.356 e. The van der Waals surface area contributed by atoms with Crippen molar-refractivity contribution in [3.05, 3.63) is 35.9 Å². The minimum Gasteiger partial charge on any atom is -0.356 e. The second kappa shape index (κ2) is 8.63. The third-order valence-corrected chi connectivity index (χ3v) is 5.53. The third-order valence-electron chi connectivity index (χ3n) is 5.53. The predicted molar refractivity (Wildman–Crippen MR) is 97.8 cm³/mol. The lowest BCUT2D eigenvalue weighted by Gasteiger charge is -2.40. The predicted octanol–water partition coefficient (Wildman–Crippen LogP) is 2.67. The molecule has 1 heterocycles. The van der Waals surface area contributed by atoms with E-state index in [9.17, 15) is 4.79 Å². The van der Waals surface area contributed by atoms with Crippen LogP contribution in [0.3, 0.4) is 0 Å². The van der Waals surface area contributed by atoms with E-state index in [0.29, 0.717) is 6.04 Å². The number of amides is 1. The average molecular weight is 329 g/mol. The molecule has 1 N–H and O–H groups in total. The molecule has 0 bridgehead atoms. The minimum absolute atomic E-state index is 0.283. The molecule has 0 radical (unpaired) electrons. The van der Waals surface area contributed by atoms with Gasteiger partial charge in [-0.15, -0.1) is 0 Å². The number of hydrogen-bond donors (Lipinski definition) is 1. The van der Waals surface area contributed by atoms with Gasteiger partial charge in [-0.1, -0.05) is 43.2 Å². The maximum Gasteiger partial charge on any atom is 0.223 e. The average Bonchev–Trinajstić information content (AvgIpc) is 3.15. The van der Waals surface area contributed by atoms with Gasteiger partial charge >= 0.3 is 0 Å². The second-order valence-electron chi connectivity index (χ2n) is 7.35. The molecule has 2 fully saturated rings. The Morgan fingerprint density at radius 2 is 1.92 bits per heavy atom. The van der Waals surface area contributed by atoms with Crippen LogP contribution in [-0.2, 0) is 4.79 Å². The Morgan fingerprint density at radius 1 is 1.17 bits per heavy atom. The van der Waals surface area contributed by atoms with Gasteiger partial charge in [0.05, 0.1) is 0 Å². The maximum atomic E-state index is 12.1. The summed E-state index contributed by atoms with van der Waals surface area (Å²) in [4.78, 5) is 17.1. The Balaban J connectivity index is 1.46. The fourth-order valence-electron chi connectivity index (χ4n) is 4.04. The minimum atomic E-state index is 0.283. The maximum absolute atomic E-state index is 12.1. The summed E-state index contributed by atoms with van der Waals surface area (Å²) >= 11 is 0. The molecule has 1 atom stereocenters. The zero-order valence-electron chi connectivity index (χ0n) is 14.9. The van der Waals surface area contributed by atoms with Crippen molar-refractivity contribution >= 4 is 5.91 Å². The van der Waals surface area contributed by atoms with Crippen LogP contribution in [0.25, 0.3) is 0 Å². The van der Waals surface area contributed by atoms with Gasteiger partial charge < -0.3 is 10.2 Å². The van der Waals surface area contributed by atoms with E-state index in [1.807, 2.05) is 0 Å². The zero-order chi connectivity index (χ0) is 16.8. The van der Waals surface area contributed by atoms with Crippen LogP contribution in [0, 0.1) is 5.92 Å². The summed E-state index contributed by atoms with van der Waals surface area (Å²) in [5, 5.41) is 3.15. The van der Waals surface area contributed by atoms with Gasteiger partial charge in [0.1, 0.15) is 0 Å². The van der Waals surface area contributed by atoms with Crippen LogP contribution < -0.4 is 5.32 Å². The van der Waals surface area contributed by atoms with Gasteiger partial charge in [-0.05, 0) is 31.9 Å². The van der Waals surface area contributed by atoms with Crippen LogP contribution >= 0.6 is 0 Å². The molecule has 1 aliphatic heterocycles. The normalized spacial score (nSPS) is 23.5. The molecule has 2 aliphatic rings. The van der Waals surface area contributed by atoms with Crippen molar-refractivity contribution in [2.75, 3.05) is 39.8 Å². The quantitative estimate of drug-likeness (QED) is 0.815.